The highest BCUT2D eigenvalue weighted by atomic mass is 32.2. The standard InChI is InChI=1S/C17H22N2O2S/c1-3-16(20)19-15(11-13-22-2)17(21)18-12-7-10-14-8-5-4-6-9-14/h4-6,8-9,15H,3,11-13H2,1-2H3,(H,18,21)(H,19,20)/t15-/m1/s1. The molecular formula is C17H22N2O2S. The van der Waals surface area contributed by atoms with E-state index in [4.69, 9.17) is 0 Å². The molecule has 0 aliphatic heterocycles. The van der Waals surface area contributed by atoms with Gasteiger partial charge in [-0.1, -0.05) is 37.0 Å². The normalized spacial score (nSPS) is 11.0. The highest BCUT2D eigenvalue weighted by Crippen LogP contribution is 2.01. The Morgan fingerprint density at radius 3 is 2.64 bits per heavy atom. The maximum absolute atomic E-state index is 12.1. The van der Waals surface area contributed by atoms with Crippen LogP contribution in [0, 0.1) is 11.8 Å². The molecule has 0 spiro atoms. The van der Waals surface area contributed by atoms with Crippen LogP contribution in [0.1, 0.15) is 25.3 Å². The first-order valence-corrected chi connectivity index (χ1v) is 8.66. The summed E-state index contributed by atoms with van der Waals surface area (Å²) >= 11 is 1.65. The van der Waals surface area contributed by atoms with Crippen molar-refractivity contribution in [3.63, 3.8) is 0 Å². The Kier molecular flexibility index (Phi) is 8.85. The second kappa shape index (κ2) is 10.7. The lowest BCUT2D eigenvalue weighted by Crippen LogP contribution is -2.47. The van der Waals surface area contributed by atoms with E-state index >= 15 is 0 Å². The summed E-state index contributed by atoms with van der Waals surface area (Å²) in [5.74, 6) is 6.41. The zero-order valence-corrected chi connectivity index (χ0v) is 13.8. The predicted molar refractivity (Wildman–Crippen MR) is 91.6 cm³/mol. The number of carbonyl (C=O) groups excluding carboxylic acids is 2. The van der Waals surface area contributed by atoms with Crippen LogP contribution in [-0.4, -0.2) is 36.4 Å². The number of rotatable bonds is 7. The van der Waals surface area contributed by atoms with Gasteiger partial charge in [0.15, 0.2) is 0 Å². The first kappa shape index (κ1) is 18.1. The number of benzene rings is 1. The molecule has 0 unspecified atom stereocenters. The molecule has 2 N–H and O–H groups in total. The Labute approximate surface area is 136 Å². The van der Waals surface area contributed by atoms with Gasteiger partial charge in [0.25, 0.3) is 0 Å². The highest BCUT2D eigenvalue weighted by molar-refractivity contribution is 7.98. The highest BCUT2D eigenvalue weighted by Gasteiger charge is 2.18. The fourth-order valence-electron chi connectivity index (χ4n) is 1.72. The summed E-state index contributed by atoms with van der Waals surface area (Å²) < 4.78 is 0. The predicted octanol–water partition coefficient (Wildman–Crippen LogP) is 1.80. The third kappa shape index (κ3) is 7.19. The smallest absolute Gasteiger partial charge is 0.243 e. The van der Waals surface area contributed by atoms with Crippen LogP contribution in [0.3, 0.4) is 0 Å². The Hall–Kier alpha value is -1.93. The van der Waals surface area contributed by atoms with Crippen LogP contribution < -0.4 is 10.6 Å². The van der Waals surface area contributed by atoms with Gasteiger partial charge in [-0.25, -0.2) is 0 Å². The first-order valence-electron chi connectivity index (χ1n) is 7.27. The van der Waals surface area contributed by atoms with E-state index in [9.17, 15) is 9.59 Å². The van der Waals surface area contributed by atoms with Crippen molar-refractivity contribution in [1.82, 2.24) is 10.6 Å². The van der Waals surface area contributed by atoms with Crippen LogP contribution in [0.15, 0.2) is 30.3 Å². The number of thioether (sulfide) groups is 1. The molecule has 0 heterocycles. The summed E-state index contributed by atoms with van der Waals surface area (Å²) in [4.78, 5) is 23.6. The van der Waals surface area contributed by atoms with E-state index in [-0.39, 0.29) is 18.4 Å². The van der Waals surface area contributed by atoms with Crippen LogP contribution in [-0.2, 0) is 9.59 Å². The number of carbonyl (C=O) groups is 2. The van der Waals surface area contributed by atoms with Crippen molar-refractivity contribution in [2.75, 3.05) is 18.6 Å². The Balaban J connectivity index is 2.48. The topological polar surface area (TPSA) is 58.2 Å². The fourth-order valence-corrected chi connectivity index (χ4v) is 2.19. The lowest BCUT2D eigenvalue weighted by molar-refractivity contribution is -0.128. The summed E-state index contributed by atoms with van der Waals surface area (Å²) in [7, 11) is 0. The number of hydrogen-bond donors (Lipinski definition) is 2. The monoisotopic (exact) mass is 318 g/mol. The molecule has 0 aliphatic carbocycles. The van der Waals surface area contributed by atoms with Gasteiger partial charge in [0.1, 0.15) is 6.04 Å². The van der Waals surface area contributed by atoms with Crippen molar-refractivity contribution in [2.24, 2.45) is 0 Å². The minimum atomic E-state index is -0.488. The molecule has 1 atom stereocenters. The molecule has 0 bridgehead atoms. The van der Waals surface area contributed by atoms with Gasteiger partial charge in [0.05, 0.1) is 6.54 Å². The van der Waals surface area contributed by atoms with Crippen molar-refractivity contribution < 1.29 is 9.59 Å². The summed E-state index contributed by atoms with van der Waals surface area (Å²) in [5.41, 5.74) is 0.912. The molecule has 1 aromatic carbocycles. The molecule has 2 amide bonds. The molecular weight excluding hydrogens is 296 g/mol. The fraction of sp³-hybridized carbons (Fsp3) is 0.412. The maximum Gasteiger partial charge on any atom is 0.243 e. The molecule has 1 rings (SSSR count). The van der Waals surface area contributed by atoms with Crippen LogP contribution in [0.4, 0.5) is 0 Å². The maximum atomic E-state index is 12.1. The van der Waals surface area contributed by atoms with E-state index < -0.39 is 6.04 Å². The van der Waals surface area contributed by atoms with Gasteiger partial charge in [-0.3, -0.25) is 9.59 Å². The first-order chi connectivity index (χ1) is 10.7. The molecule has 0 aromatic heterocycles. The zero-order chi connectivity index (χ0) is 16.2. The summed E-state index contributed by atoms with van der Waals surface area (Å²) in [6, 6.07) is 9.11. The number of nitrogens with one attached hydrogen (secondary N) is 2. The molecule has 118 valence electrons. The summed E-state index contributed by atoms with van der Waals surface area (Å²) in [5, 5.41) is 5.50. The van der Waals surface area contributed by atoms with Crippen molar-refractivity contribution in [2.45, 2.75) is 25.8 Å². The van der Waals surface area contributed by atoms with Gasteiger partial charge in [-0.2, -0.15) is 11.8 Å². The molecule has 0 saturated carbocycles. The van der Waals surface area contributed by atoms with Gasteiger partial charge < -0.3 is 10.6 Å². The van der Waals surface area contributed by atoms with E-state index in [0.29, 0.717) is 12.8 Å². The van der Waals surface area contributed by atoms with Crippen molar-refractivity contribution in [3.05, 3.63) is 35.9 Å². The van der Waals surface area contributed by atoms with Crippen molar-refractivity contribution in [3.8, 4) is 11.8 Å². The summed E-state index contributed by atoms with van der Waals surface area (Å²) in [6.07, 6.45) is 2.96. The van der Waals surface area contributed by atoms with Crippen LogP contribution in [0.25, 0.3) is 0 Å². The van der Waals surface area contributed by atoms with Gasteiger partial charge in [-0.05, 0) is 30.6 Å². The van der Waals surface area contributed by atoms with E-state index in [0.717, 1.165) is 11.3 Å². The van der Waals surface area contributed by atoms with Crippen LogP contribution in [0.2, 0.25) is 0 Å². The van der Waals surface area contributed by atoms with E-state index in [1.807, 2.05) is 36.6 Å². The van der Waals surface area contributed by atoms with Gasteiger partial charge in [0.2, 0.25) is 11.8 Å². The van der Waals surface area contributed by atoms with E-state index in [1.54, 1.807) is 18.7 Å². The lowest BCUT2D eigenvalue weighted by atomic mass is 10.2. The van der Waals surface area contributed by atoms with Gasteiger partial charge >= 0.3 is 0 Å². The molecule has 0 fully saturated rings. The molecule has 5 heteroatoms. The quantitative estimate of drug-likeness (QED) is 0.754. The second-order valence-electron chi connectivity index (χ2n) is 4.64. The average Bonchev–Trinajstić information content (AvgIpc) is 2.55. The van der Waals surface area contributed by atoms with Gasteiger partial charge in [0, 0.05) is 12.0 Å². The van der Waals surface area contributed by atoms with Crippen molar-refractivity contribution >= 4 is 23.6 Å². The second-order valence-corrected chi connectivity index (χ2v) is 5.63. The molecule has 0 radical (unpaired) electrons. The number of amides is 2. The zero-order valence-electron chi connectivity index (χ0n) is 13.0. The molecule has 0 aliphatic rings. The minimum Gasteiger partial charge on any atom is -0.344 e. The Morgan fingerprint density at radius 1 is 1.27 bits per heavy atom. The van der Waals surface area contributed by atoms with E-state index in [1.165, 1.54) is 0 Å². The lowest BCUT2D eigenvalue weighted by Gasteiger charge is -2.16. The minimum absolute atomic E-state index is 0.114. The third-order valence-corrected chi connectivity index (χ3v) is 3.58. The van der Waals surface area contributed by atoms with E-state index in [2.05, 4.69) is 22.5 Å². The molecule has 22 heavy (non-hydrogen) atoms. The Morgan fingerprint density at radius 2 is 2.00 bits per heavy atom. The summed E-state index contributed by atoms with van der Waals surface area (Å²) in [6.45, 7) is 2.04. The molecule has 4 nitrogen and oxygen atoms in total. The molecule has 1 aromatic rings. The Bertz CT molecular complexity index is 535. The molecule has 0 saturated heterocycles. The van der Waals surface area contributed by atoms with Crippen molar-refractivity contribution in [1.29, 1.82) is 0 Å². The van der Waals surface area contributed by atoms with Crippen LogP contribution in [0.5, 0.6) is 0 Å². The van der Waals surface area contributed by atoms with Crippen LogP contribution >= 0.6 is 11.8 Å². The third-order valence-electron chi connectivity index (χ3n) is 2.94. The SMILES string of the molecule is CCC(=O)N[C@H](CCSC)C(=O)NCC#Cc1ccccc1. The largest absolute Gasteiger partial charge is 0.344 e. The van der Waals surface area contributed by atoms with Gasteiger partial charge in [-0.15, -0.1) is 0 Å². The average molecular weight is 318 g/mol. The number of hydrogen-bond acceptors (Lipinski definition) is 3.